The lowest BCUT2D eigenvalue weighted by Gasteiger charge is -2.34. The number of hydrogen-bond acceptors (Lipinski definition) is 2. The highest BCUT2D eigenvalue weighted by Gasteiger charge is 2.49. The third-order valence-corrected chi connectivity index (χ3v) is 9.12. The van der Waals surface area contributed by atoms with Gasteiger partial charge in [-0.3, -0.25) is 0 Å². The molecule has 2 heterocycles. The molecule has 6 aromatic rings. The minimum absolute atomic E-state index is 0.0342. The van der Waals surface area contributed by atoms with E-state index in [0.717, 1.165) is 50.5 Å². The van der Waals surface area contributed by atoms with Gasteiger partial charge in [-0.1, -0.05) is 137 Å². The van der Waals surface area contributed by atoms with Gasteiger partial charge in [0.15, 0.2) is 0 Å². The van der Waals surface area contributed by atoms with Crippen LogP contribution in [0.15, 0.2) is 120 Å². The predicted molar refractivity (Wildman–Crippen MR) is 181 cm³/mol. The van der Waals surface area contributed by atoms with Crippen LogP contribution in [0, 0.1) is 5.41 Å². The first-order valence-electron chi connectivity index (χ1n) is 15.2. The maximum atomic E-state index is 6.77. The van der Waals surface area contributed by atoms with Crippen molar-refractivity contribution < 1.29 is 9.07 Å². The molecule has 5 aromatic carbocycles. The fourth-order valence-electron chi connectivity index (χ4n) is 6.13. The third-order valence-electron chi connectivity index (χ3n) is 9.12. The number of fused-ring (bicyclic) bond motifs is 3. The zero-order chi connectivity index (χ0) is 29.5. The summed E-state index contributed by atoms with van der Waals surface area (Å²) in [5, 5.41) is 2.27. The van der Waals surface area contributed by atoms with E-state index >= 15 is 0 Å². The molecule has 2 nitrogen and oxygen atoms in total. The molecule has 1 aliphatic rings. The topological polar surface area (TPSA) is 22.4 Å². The SMILES string of the molecule is CC.CC1(C)CB(c2cc(-c3ccccc3)cc(-c3cccc4c3oc3c(-c5ccccc5)cccc34)c2)OC1(C)C. The average molecular weight is 551 g/mol. The summed E-state index contributed by atoms with van der Waals surface area (Å²) in [5.74, 6) is 0. The van der Waals surface area contributed by atoms with E-state index in [4.69, 9.17) is 9.07 Å². The van der Waals surface area contributed by atoms with Crippen LogP contribution in [-0.4, -0.2) is 12.5 Å². The van der Waals surface area contributed by atoms with Gasteiger partial charge in [0.05, 0.1) is 5.60 Å². The summed E-state index contributed by atoms with van der Waals surface area (Å²) in [7, 11) is 0. The Morgan fingerprint density at radius 1 is 0.548 bits per heavy atom. The molecule has 0 amide bonds. The smallest absolute Gasteiger partial charge is 0.328 e. The summed E-state index contributed by atoms with van der Waals surface area (Å²) >= 11 is 0. The molecule has 0 spiro atoms. The number of rotatable bonds is 4. The third kappa shape index (κ3) is 4.86. The van der Waals surface area contributed by atoms with Crippen LogP contribution < -0.4 is 5.46 Å². The zero-order valence-corrected chi connectivity index (χ0v) is 25.6. The van der Waals surface area contributed by atoms with Gasteiger partial charge in [-0.2, -0.15) is 0 Å². The van der Waals surface area contributed by atoms with E-state index in [-0.39, 0.29) is 17.9 Å². The fraction of sp³-hybridized carbons (Fsp3) is 0.231. The maximum Gasteiger partial charge on any atom is 0.328 e. The second-order valence-corrected chi connectivity index (χ2v) is 12.2. The Morgan fingerprint density at radius 3 is 1.62 bits per heavy atom. The molecular formula is C39H39BO2. The van der Waals surface area contributed by atoms with Crippen LogP contribution in [-0.2, 0) is 4.65 Å². The van der Waals surface area contributed by atoms with Crippen LogP contribution in [0.3, 0.4) is 0 Å². The van der Waals surface area contributed by atoms with Crippen LogP contribution in [0.25, 0.3) is 55.3 Å². The van der Waals surface area contributed by atoms with Crippen LogP contribution >= 0.6 is 0 Å². The van der Waals surface area contributed by atoms with E-state index in [1.54, 1.807) is 0 Å². The standard InChI is InChI=1S/C37H33BO2.C2H6/c1-36(2)24-38(40-37(36,3)4)29-22-27(25-13-7-5-8-14-25)21-28(23-29)31-18-12-20-33-32-19-11-17-30(34(32)39-35(31)33)26-15-9-6-10-16-26;1-2/h5-23H,24H2,1-4H3;1-2H3. The van der Waals surface area contributed by atoms with Gasteiger partial charge in [0.1, 0.15) is 11.2 Å². The molecule has 0 unspecified atom stereocenters. The minimum Gasteiger partial charge on any atom is -0.455 e. The van der Waals surface area contributed by atoms with Gasteiger partial charge in [-0.25, -0.2) is 0 Å². The normalized spacial score (nSPS) is 15.5. The Labute approximate surface area is 250 Å². The van der Waals surface area contributed by atoms with Crippen LogP contribution in [0.4, 0.5) is 0 Å². The lowest BCUT2D eigenvalue weighted by Crippen LogP contribution is -2.36. The lowest BCUT2D eigenvalue weighted by atomic mass is 9.54. The van der Waals surface area contributed by atoms with E-state index in [1.807, 2.05) is 19.9 Å². The van der Waals surface area contributed by atoms with Gasteiger partial charge in [-0.05, 0) is 59.4 Å². The number of furan rings is 1. The average Bonchev–Trinajstić information content (AvgIpc) is 3.51. The summed E-state index contributed by atoms with van der Waals surface area (Å²) in [6, 6.07) is 41.0. The van der Waals surface area contributed by atoms with E-state index in [0.29, 0.717) is 0 Å². The van der Waals surface area contributed by atoms with Crippen molar-refractivity contribution in [3.8, 4) is 33.4 Å². The largest absolute Gasteiger partial charge is 0.455 e. The van der Waals surface area contributed by atoms with Crippen LogP contribution in [0.5, 0.6) is 0 Å². The number of benzene rings is 5. The predicted octanol–water partition coefficient (Wildman–Crippen LogP) is 10.6. The quantitative estimate of drug-likeness (QED) is 0.204. The van der Waals surface area contributed by atoms with Gasteiger partial charge < -0.3 is 9.07 Å². The first kappa shape index (κ1) is 28.1. The Hall–Kier alpha value is -4.08. The van der Waals surface area contributed by atoms with E-state index in [1.165, 1.54) is 16.6 Å². The van der Waals surface area contributed by atoms with Gasteiger partial charge in [0, 0.05) is 21.9 Å². The van der Waals surface area contributed by atoms with E-state index in [9.17, 15) is 0 Å². The molecule has 42 heavy (non-hydrogen) atoms. The molecule has 1 fully saturated rings. The van der Waals surface area contributed by atoms with Crippen molar-refractivity contribution in [3.63, 3.8) is 0 Å². The number of para-hydroxylation sites is 2. The van der Waals surface area contributed by atoms with Crippen molar-refractivity contribution in [1.82, 2.24) is 0 Å². The maximum absolute atomic E-state index is 6.77. The van der Waals surface area contributed by atoms with Gasteiger partial charge in [-0.15, -0.1) is 0 Å². The van der Waals surface area contributed by atoms with Crippen LogP contribution in [0.1, 0.15) is 41.5 Å². The zero-order valence-electron chi connectivity index (χ0n) is 25.6. The molecule has 0 radical (unpaired) electrons. The molecule has 1 saturated heterocycles. The summed E-state index contributed by atoms with van der Waals surface area (Å²) < 4.78 is 13.5. The van der Waals surface area contributed by atoms with Crippen molar-refractivity contribution in [2.45, 2.75) is 53.5 Å². The second kappa shape index (κ2) is 11.0. The van der Waals surface area contributed by atoms with Gasteiger partial charge >= 0.3 is 6.92 Å². The highest BCUT2D eigenvalue weighted by atomic mass is 16.5. The summed E-state index contributed by atoms with van der Waals surface area (Å²) in [4.78, 5) is 0. The van der Waals surface area contributed by atoms with Crippen molar-refractivity contribution in [2.75, 3.05) is 0 Å². The molecule has 210 valence electrons. The van der Waals surface area contributed by atoms with E-state index < -0.39 is 0 Å². The van der Waals surface area contributed by atoms with Gasteiger partial charge in [0.2, 0.25) is 0 Å². The lowest BCUT2D eigenvalue weighted by molar-refractivity contribution is 0.0375. The van der Waals surface area contributed by atoms with Crippen molar-refractivity contribution in [2.24, 2.45) is 5.41 Å². The van der Waals surface area contributed by atoms with Crippen molar-refractivity contribution >= 4 is 34.3 Å². The molecule has 1 aromatic heterocycles. The first-order valence-corrected chi connectivity index (χ1v) is 15.2. The minimum atomic E-state index is -0.201. The van der Waals surface area contributed by atoms with Crippen molar-refractivity contribution in [1.29, 1.82) is 0 Å². The molecule has 0 bridgehead atoms. The number of hydrogen-bond donors (Lipinski definition) is 0. The summed E-state index contributed by atoms with van der Waals surface area (Å²) in [6.45, 7) is 13.1. The fourth-order valence-corrected chi connectivity index (χ4v) is 6.13. The van der Waals surface area contributed by atoms with E-state index in [2.05, 4.69) is 137 Å². The molecule has 3 heteroatoms. The first-order chi connectivity index (χ1) is 20.3. The monoisotopic (exact) mass is 550 g/mol. The summed E-state index contributed by atoms with van der Waals surface area (Å²) in [6.07, 6.45) is 0.979. The molecule has 0 atom stereocenters. The molecule has 7 rings (SSSR count). The molecule has 0 aliphatic carbocycles. The Morgan fingerprint density at radius 2 is 1.07 bits per heavy atom. The highest BCUT2D eigenvalue weighted by Crippen LogP contribution is 2.46. The Bertz CT molecular complexity index is 1830. The van der Waals surface area contributed by atoms with Gasteiger partial charge in [0.25, 0.3) is 0 Å². The Kier molecular flexibility index (Phi) is 7.33. The second-order valence-electron chi connectivity index (χ2n) is 12.2. The Balaban J connectivity index is 0.00000155. The van der Waals surface area contributed by atoms with Crippen LogP contribution in [0.2, 0.25) is 6.32 Å². The highest BCUT2D eigenvalue weighted by molar-refractivity contribution is 6.68. The van der Waals surface area contributed by atoms with Crippen molar-refractivity contribution in [3.05, 3.63) is 115 Å². The summed E-state index contributed by atoms with van der Waals surface area (Å²) in [5.41, 5.74) is 9.85. The molecule has 0 saturated carbocycles. The molecular weight excluding hydrogens is 511 g/mol. The molecule has 1 aliphatic heterocycles. The molecule has 0 N–H and O–H groups in total.